The molecule has 1 saturated heterocycles. The molecule has 0 N–H and O–H groups in total. The van der Waals surface area contributed by atoms with Gasteiger partial charge in [0.15, 0.2) is 0 Å². The van der Waals surface area contributed by atoms with Crippen molar-refractivity contribution in [2.45, 2.75) is 25.7 Å². The monoisotopic (exact) mass is 421 g/mol. The highest BCUT2D eigenvalue weighted by atomic mass is 79.9. The van der Waals surface area contributed by atoms with Crippen molar-refractivity contribution in [2.24, 2.45) is 0 Å². The lowest BCUT2D eigenvalue weighted by Crippen LogP contribution is -2.36. The van der Waals surface area contributed by atoms with E-state index in [0.717, 1.165) is 30.7 Å². The van der Waals surface area contributed by atoms with Gasteiger partial charge >= 0.3 is 0 Å². The number of likely N-dealkylation sites (tertiary alicyclic amines) is 1. The van der Waals surface area contributed by atoms with Gasteiger partial charge in [-0.05, 0) is 50.6 Å². The molecule has 0 aliphatic carbocycles. The molecule has 0 atom stereocenters. The highest BCUT2D eigenvalue weighted by Crippen LogP contribution is 2.26. The smallest absolute Gasteiger partial charge is 0.261 e. The van der Waals surface area contributed by atoms with Crippen LogP contribution in [0, 0.1) is 0 Å². The van der Waals surface area contributed by atoms with Crippen LogP contribution in [-0.2, 0) is 4.79 Å². The van der Waals surface area contributed by atoms with Crippen LogP contribution in [0.3, 0.4) is 0 Å². The molecule has 2 aliphatic rings. The van der Waals surface area contributed by atoms with Gasteiger partial charge in [-0.15, -0.1) is 0 Å². The van der Waals surface area contributed by atoms with E-state index in [1.807, 2.05) is 7.05 Å². The molecule has 7 heteroatoms. The predicted molar refractivity (Wildman–Crippen MR) is 102 cm³/mol. The molecule has 26 heavy (non-hydrogen) atoms. The third kappa shape index (κ3) is 4.15. The Balaban J connectivity index is 1.45. The van der Waals surface area contributed by atoms with Crippen LogP contribution >= 0.6 is 15.9 Å². The predicted octanol–water partition coefficient (Wildman–Crippen LogP) is 2.38. The molecule has 0 radical (unpaired) electrons. The Morgan fingerprint density at radius 2 is 1.81 bits per heavy atom. The van der Waals surface area contributed by atoms with Crippen LogP contribution in [-0.4, -0.2) is 72.2 Å². The van der Waals surface area contributed by atoms with Crippen LogP contribution < -0.4 is 0 Å². The molecule has 3 rings (SSSR count). The number of hydrogen-bond acceptors (Lipinski definition) is 4. The molecular formula is C19H24BrN3O3. The number of carbonyl (C=O) groups is 3. The fourth-order valence-corrected chi connectivity index (χ4v) is 3.83. The molecule has 0 aromatic heterocycles. The van der Waals surface area contributed by atoms with Gasteiger partial charge in [-0.1, -0.05) is 15.9 Å². The van der Waals surface area contributed by atoms with E-state index in [2.05, 4.69) is 20.8 Å². The Labute approximate surface area is 162 Å². The Kier molecular flexibility index (Phi) is 6.09. The lowest BCUT2D eigenvalue weighted by atomic mass is 10.1. The number of halogens is 1. The van der Waals surface area contributed by atoms with E-state index in [0.29, 0.717) is 24.0 Å². The Bertz CT molecular complexity index is 716. The second-order valence-corrected chi connectivity index (χ2v) is 7.84. The normalized spacial score (nSPS) is 17.1. The lowest BCUT2D eigenvalue weighted by Gasteiger charge is -2.22. The summed E-state index contributed by atoms with van der Waals surface area (Å²) in [7, 11) is 1.82. The molecule has 1 fully saturated rings. The molecule has 3 amide bonds. The maximum atomic E-state index is 12.4. The molecule has 1 aromatic carbocycles. The second kappa shape index (κ2) is 8.31. The summed E-state index contributed by atoms with van der Waals surface area (Å²) in [5, 5.41) is 0. The van der Waals surface area contributed by atoms with Crippen molar-refractivity contribution >= 4 is 33.7 Å². The number of amides is 3. The van der Waals surface area contributed by atoms with E-state index in [4.69, 9.17) is 0 Å². The largest absolute Gasteiger partial charge is 0.344 e. The average molecular weight is 422 g/mol. The topological polar surface area (TPSA) is 60.9 Å². The van der Waals surface area contributed by atoms with Gasteiger partial charge in [0, 0.05) is 37.6 Å². The van der Waals surface area contributed by atoms with Gasteiger partial charge in [-0.2, -0.15) is 0 Å². The van der Waals surface area contributed by atoms with E-state index in [1.54, 1.807) is 23.1 Å². The van der Waals surface area contributed by atoms with E-state index >= 15 is 0 Å². The zero-order chi connectivity index (χ0) is 18.7. The quantitative estimate of drug-likeness (QED) is 0.634. The molecule has 0 bridgehead atoms. The van der Waals surface area contributed by atoms with Crippen LogP contribution in [0.25, 0.3) is 0 Å². The highest BCUT2D eigenvalue weighted by Gasteiger charge is 2.35. The molecule has 2 heterocycles. The second-order valence-electron chi connectivity index (χ2n) is 6.92. The van der Waals surface area contributed by atoms with Gasteiger partial charge in [0.25, 0.3) is 11.8 Å². The van der Waals surface area contributed by atoms with Crippen LogP contribution in [0.15, 0.2) is 22.7 Å². The van der Waals surface area contributed by atoms with Gasteiger partial charge in [0.1, 0.15) is 0 Å². The van der Waals surface area contributed by atoms with E-state index in [-0.39, 0.29) is 24.3 Å². The highest BCUT2D eigenvalue weighted by molar-refractivity contribution is 9.10. The maximum Gasteiger partial charge on any atom is 0.261 e. The summed E-state index contributed by atoms with van der Waals surface area (Å²) in [4.78, 5) is 42.4. The summed E-state index contributed by atoms with van der Waals surface area (Å²) in [6.07, 6.45) is 3.32. The van der Waals surface area contributed by atoms with Crippen molar-refractivity contribution in [1.29, 1.82) is 0 Å². The maximum absolute atomic E-state index is 12.4. The van der Waals surface area contributed by atoms with Crippen molar-refractivity contribution in [1.82, 2.24) is 14.7 Å². The molecule has 0 saturated carbocycles. The van der Waals surface area contributed by atoms with Crippen LogP contribution in [0.2, 0.25) is 0 Å². The lowest BCUT2D eigenvalue weighted by molar-refractivity contribution is -0.130. The fourth-order valence-electron chi connectivity index (χ4n) is 3.47. The van der Waals surface area contributed by atoms with Crippen molar-refractivity contribution < 1.29 is 14.4 Å². The van der Waals surface area contributed by atoms with E-state index in [9.17, 15) is 14.4 Å². The van der Waals surface area contributed by atoms with Gasteiger partial charge in [0.2, 0.25) is 5.91 Å². The summed E-state index contributed by atoms with van der Waals surface area (Å²) in [6, 6.07) is 5.09. The number of benzene rings is 1. The summed E-state index contributed by atoms with van der Waals surface area (Å²) >= 11 is 3.32. The first-order valence-electron chi connectivity index (χ1n) is 9.09. The molecule has 0 unspecified atom stereocenters. The van der Waals surface area contributed by atoms with E-state index in [1.165, 1.54) is 17.7 Å². The first-order valence-corrected chi connectivity index (χ1v) is 9.89. The summed E-state index contributed by atoms with van der Waals surface area (Å²) < 4.78 is 0.772. The SMILES string of the molecule is CN(CCN1CCCC1)C(=O)CCCN1C(=O)c2ccc(Br)cc2C1=O. The molecule has 140 valence electrons. The fraction of sp³-hybridized carbons (Fsp3) is 0.526. The van der Waals surface area contributed by atoms with Crippen molar-refractivity contribution in [2.75, 3.05) is 39.8 Å². The Morgan fingerprint density at radius 3 is 2.54 bits per heavy atom. The minimum atomic E-state index is -0.277. The number of nitrogens with zero attached hydrogens (tertiary/aromatic N) is 3. The molecule has 1 aromatic rings. The number of fused-ring (bicyclic) bond motifs is 1. The summed E-state index contributed by atoms with van der Waals surface area (Å²) in [5.74, 6) is -0.489. The Morgan fingerprint density at radius 1 is 1.12 bits per heavy atom. The van der Waals surface area contributed by atoms with Crippen LogP contribution in [0.1, 0.15) is 46.4 Å². The first kappa shape index (κ1) is 19.0. The van der Waals surface area contributed by atoms with Gasteiger partial charge in [-0.25, -0.2) is 0 Å². The molecule has 6 nitrogen and oxygen atoms in total. The van der Waals surface area contributed by atoms with Crippen LogP contribution in [0.5, 0.6) is 0 Å². The van der Waals surface area contributed by atoms with Crippen LogP contribution in [0.4, 0.5) is 0 Å². The molecular weight excluding hydrogens is 398 g/mol. The van der Waals surface area contributed by atoms with Crippen molar-refractivity contribution in [3.63, 3.8) is 0 Å². The number of rotatable bonds is 7. The zero-order valence-corrected chi connectivity index (χ0v) is 16.6. The van der Waals surface area contributed by atoms with Crippen molar-refractivity contribution in [3.8, 4) is 0 Å². The number of likely N-dealkylation sites (N-methyl/N-ethyl adjacent to an activating group) is 1. The molecule has 2 aliphatic heterocycles. The summed E-state index contributed by atoms with van der Waals surface area (Å²) in [6.45, 7) is 4.15. The van der Waals surface area contributed by atoms with Gasteiger partial charge in [-0.3, -0.25) is 19.3 Å². The first-order chi connectivity index (χ1) is 12.5. The minimum Gasteiger partial charge on any atom is -0.344 e. The van der Waals surface area contributed by atoms with Crippen molar-refractivity contribution in [3.05, 3.63) is 33.8 Å². The Hall–Kier alpha value is -1.73. The molecule has 0 spiro atoms. The standard InChI is InChI=1S/C19H24BrN3O3/c1-21(11-12-22-8-2-3-9-22)17(24)5-4-10-23-18(25)15-7-6-14(20)13-16(15)19(23)26/h6-7,13H,2-5,8-12H2,1H3. The number of hydrogen-bond donors (Lipinski definition) is 0. The number of carbonyl (C=O) groups excluding carboxylic acids is 3. The third-order valence-electron chi connectivity index (χ3n) is 5.08. The summed E-state index contributed by atoms with van der Waals surface area (Å²) in [5.41, 5.74) is 0.866. The van der Waals surface area contributed by atoms with Gasteiger partial charge in [0.05, 0.1) is 11.1 Å². The zero-order valence-electron chi connectivity index (χ0n) is 15.0. The minimum absolute atomic E-state index is 0.0588. The third-order valence-corrected chi connectivity index (χ3v) is 5.57. The van der Waals surface area contributed by atoms with E-state index < -0.39 is 0 Å². The van der Waals surface area contributed by atoms with Gasteiger partial charge < -0.3 is 9.80 Å². The average Bonchev–Trinajstić information content (AvgIpc) is 3.22. The number of imide groups is 1.